The summed E-state index contributed by atoms with van der Waals surface area (Å²) in [7, 11) is 1.62. The fraction of sp³-hybridized carbons (Fsp3) is 0.391. The molecule has 1 rings (SSSR count). The van der Waals surface area contributed by atoms with Gasteiger partial charge in [-0.05, 0) is 56.0 Å². The first kappa shape index (κ1) is 28.3. The molecule has 0 bridgehead atoms. The highest BCUT2D eigenvalue weighted by Crippen LogP contribution is 2.20. The summed E-state index contributed by atoms with van der Waals surface area (Å²) in [6.45, 7) is 8.69. The minimum atomic E-state index is -0.833. The molecule has 0 aromatic heterocycles. The molecule has 0 amide bonds. The first-order valence-corrected chi connectivity index (χ1v) is 9.37. The van der Waals surface area contributed by atoms with E-state index in [0.29, 0.717) is 5.57 Å². The number of benzene rings is 1. The van der Waals surface area contributed by atoms with Crippen molar-refractivity contribution < 1.29 is 28.9 Å². The van der Waals surface area contributed by atoms with Gasteiger partial charge in [-0.25, -0.2) is 9.18 Å². The summed E-state index contributed by atoms with van der Waals surface area (Å²) in [5, 5.41) is 15.8. The van der Waals surface area contributed by atoms with Crippen molar-refractivity contribution in [2.45, 2.75) is 53.9 Å². The molecule has 0 aliphatic rings. The van der Waals surface area contributed by atoms with Crippen LogP contribution in [0, 0.1) is 5.82 Å². The Balaban J connectivity index is 0. The third kappa shape index (κ3) is 15.8. The summed E-state index contributed by atoms with van der Waals surface area (Å²) < 4.78 is 18.3. The average Bonchev–Trinajstić information content (AvgIpc) is 2.66. The SMILES string of the molecule is CC(=O)O.CC/C=C\C(OC)=C(/C)c1cccc(F)c1.CCC/C=C(\C)C(=O)O. The van der Waals surface area contributed by atoms with E-state index in [1.165, 1.54) is 12.1 Å². The molecule has 0 heterocycles. The lowest BCUT2D eigenvalue weighted by atomic mass is 10.1. The molecule has 2 N–H and O–H groups in total. The molecule has 0 radical (unpaired) electrons. The molecule has 0 atom stereocenters. The predicted molar refractivity (Wildman–Crippen MR) is 115 cm³/mol. The molecule has 0 unspecified atom stereocenters. The van der Waals surface area contributed by atoms with Gasteiger partial charge >= 0.3 is 5.97 Å². The molecule has 1 aromatic rings. The van der Waals surface area contributed by atoms with Crippen LogP contribution in [0.3, 0.4) is 0 Å². The largest absolute Gasteiger partial charge is 0.496 e. The number of methoxy groups -OCH3 is 1. The van der Waals surface area contributed by atoms with Gasteiger partial charge in [0, 0.05) is 12.5 Å². The molecule has 0 saturated heterocycles. The fourth-order valence-corrected chi connectivity index (χ4v) is 1.88. The Labute approximate surface area is 173 Å². The van der Waals surface area contributed by atoms with E-state index in [2.05, 4.69) is 6.92 Å². The van der Waals surface area contributed by atoms with Crippen molar-refractivity contribution in [2.75, 3.05) is 7.11 Å². The van der Waals surface area contributed by atoms with Crippen LogP contribution in [0.2, 0.25) is 0 Å². The van der Waals surface area contributed by atoms with Crippen molar-refractivity contribution >= 4 is 17.5 Å². The molecule has 162 valence electrons. The number of hydrogen-bond acceptors (Lipinski definition) is 3. The van der Waals surface area contributed by atoms with E-state index in [4.69, 9.17) is 19.7 Å². The first-order chi connectivity index (χ1) is 13.6. The van der Waals surface area contributed by atoms with Gasteiger partial charge in [-0.1, -0.05) is 44.6 Å². The lowest BCUT2D eigenvalue weighted by molar-refractivity contribution is -0.134. The molecule has 29 heavy (non-hydrogen) atoms. The highest BCUT2D eigenvalue weighted by Gasteiger charge is 2.03. The van der Waals surface area contributed by atoms with Gasteiger partial charge in [0.1, 0.15) is 11.6 Å². The van der Waals surface area contributed by atoms with E-state index in [1.807, 2.05) is 32.1 Å². The zero-order valence-electron chi connectivity index (χ0n) is 18.2. The number of carbonyl (C=O) groups is 2. The van der Waals surface area contributed by atoms with E-state index >= 15 is 0 Å². The van der Waals surface area contributed by atoms with E-state index in [1.54, 1.807) is 26.2 Å². The van der Waals surface area contributed by atoms with Crippen molar-refractivity contribution in [2.24, 2.45) is 0 Å². The highest BCUT2D eigenvalue weighted by atomic mass is 19.1. The zero-order chi connectivity index (χ0) is 22.8. The molecule has 0 aliphatic carbocycles. The maximum Gasteiger partial charge on any atom is 0.330 e. The monoisotopic (exact) mass is 408 g/mol. The van der Waals surface area contributed by atoms with E-state index in [-0.39, 0.29) is 5.82 Å². The number of allylic oxidation sites excluding steroid dienone is 4. The van der Waals surface area contributed by atoms with Crippen molar-refractivity contribution in [3.8, 4) is 0 Å². The first-order valence-electron chi connectivity index (χ1n) is 9.37. The molecule has 0 saturated carbocycles. The van der Waals surface area contributed by atoms with Gasteiger partial charge in [0.15, 0.2) is 0 Å². The molecule has 5 nitrogen and oxygen atoms in total. The van der Waals surface area contributed by atoms with Gasteiger partial charge in [0.2, 0.25) is 0 Å². The lowest BCUT2D eigenvalue weighted by Crippen LogP contribution is -1.95. The predicted octanol–water partition coefficient (Wildman–Crippen LogP) is 6.08. The van der Waals surface area contributed by atoms with Crippen LogP contribution in [-0.2, 0) is 14.3 Å². The van der Waals surface area contributed by atoms with Crippen LogP contribution in [0.4, 0.5) is 4.39 Å². The third-order valence-electron chi connectivity index (χ3n) is 3.43. The van der Waals surface area contributed by atoms with Crippen molar-refractivity contribution in [1.29, 1.82) is 0 Å². The zero-order valence-corrected chi connectivity index (χ0v) is 18.2. The summed E-state index contributed by atoms with van der Waals surface area (Å²) >= 11 is 0. The Bertz CT molecular complexity index is 714. The van der Waals surface area contributed by atoms with Crippen LogP contribution in [0.1, 0.15) is 59.4 Å². The number of carboxylic acids is 2. The molecular weight excluding hydrogens is 375 g/mol. The Kier molecular flexibility index (Phi) is 16.8. The second kappa shape index (κ2) is 17.2. The Morgan fingerprint density at radius 3 is 2.14 bits per heavy atom. The van der Waals surface area contributed by atoms with Crippen molar-refractivity contribution in [3.05, 3.63) is 65.2 Å². The molecule has 0 fully saturated rings. The van der Waals surface area contributed by atoms with Gasteiger partial charge in [0.25, 0.3) is 5.97 Å². The Hall–Kier alpha value is -2.89. The van der Waals surface area contributed by atoms with Gasteiger partial charge in [-0.15, -0.1) is 0 Å². The van der Waals surface area contributed by atoms with Gasteiger partial charge in [0.05, 0.1) is 7.11 Å². The van der Waals surface area contributed by atoms with Crippen LogP contribution in [0.25, 0.3) is 5.57 Å². The number of halogens is 1. The van der Waals surface area contributed by atoms with Gasteiger partial charge in [-0.2, -0.15) is 0 Å². The van der Waals surface area contributed by atoms with E-state index in [9.17, 15) is 9.18 Å². The molecule has 0 aliphatic heterocycles. The topological polar surface area (TPSA) is 83.8 Å². The summed E-state index contributed by atoms with van der Waals surface area (Å²) in [4.78, 5) is 19.1. The second-order valence-corrected chi connectivity index (χ2v) is 6.01. The normalized spacial score (nSPS) is 11.5. The molecular formula is C23H33FO5. The molecule has 1 aromatic carbocycles. The average molecular weight is 409 g/mol. The van der Waals surface area contributed by atoms with Crippen molar-refractivity contribution in [3.63, 3.8) is 0 Å². The molecule has 6 heteroatoms. The number of ether oxygens (including phenoxy) is 1. The van der Waals surface area contributed by atoms with Crippen LogP contribution < -0.4 is 0 Å². The lowest BCUT2D eigenvalue weighted by Gasteiger charge is -2.07. The van der Waals surface area contributed by atoms with E-state index < -0.39 is 11.9 Å². The van der Waals surface area contributed by atoms with Crippen LogP contribution >= 0.6 is 0 Å². The Morgan fingerprint density at radius 2 is 1.72 bits per heavy atom. The van der Waals surface area contributed by atoms with Gasteiger partial charge < -0.3 is 14.9 Å². The Morgan fingerprint density at radius 1 is 1.14 bits per heavy atom. The number of unbranched alkanes of at least 4 members (excludes halogenated alkanes) is 1. The summed E-state index contributed by atoms with van der Waals surface area (Å²) in [6.07, 6.45) is 8.48. The summed E-state index contributed by atoms with van der Waals surface area (Å²) in [5.74, 6) is -1.11. The minimum Gasteiger partial charge on any atom is -0.496 e. The summed E-state index contributed by atoms with van der Waals surface area (Å²) in [5.41, 5.74) is 2.22. The standard InChI is InChI=1S/C14H17FO.C7H12O2.C2H4O2/c1-4-5-9-14(16-3)11(2)12-7-6-8-13(15)10-12;1-3-4-5-6(2)7(8)9;1-2(3)4/h5-10H,4H2,1-3H3;5H,3-4H2,1-2H3,(H,8,9);1H3,(H,3,4)/b9-5-,14-11-;6-5+;. The fourth-order valence-electron chi connectivity index (χ4n) is 1.88. The number of carboxylic acid groups (broad SMARTS) is 2. The highest BCUT2D eigenvalue weighted by molar-refractivity contribution is 5.85. The second-order valence-electron chi connectivity index (χ2n) is 6.01. The quantitative estimate of drug-likeness (QED) is 0.325. The summed E-state index contributed by atoms with van der Waals surface area (Å²) in [6, 6.07) is 6.52. The number of aliphatic carboxylic acids is 2. The maximum absolute atomic E-state index is 13.1. The van der Waals surface area contributed by atoms with Crippen LogP contribution in [0.5, 0.6) is 0 Å². The molecule has 0 spiro atoms. The van der Waals surface area contributed by atoms with E-state index in [0.717, 1.165) is 43.1 Å². The van der Waals surface area contributed by atoms with Crippen LogP contribution in [-0.4, -0.2) is 29.3 Å². The van der Waals surface area contributed by atoms with Crippen molar-refractivity contribution in [1.82, 2.24) is 0 Å². The third-order valence-corrected chi connectivity index (χ3v) is 3.43. The maximum atomic E-state index is 13.1. The number of hydrogen-bond donors (Lipinski definition) is 2. The van der Waals surface area contributed by atoms with Crippen LogP contribution in [0.15, 0.2) is 53.8 Å². The minimum absolute atomic E-state index is 0.230. The smallest absolute Gasteiger partial charge is 0.330 e. The number of rotatable bonds is 7. The van der Waals surface area contributed by atoms with Gasteiger partial charge in [-0.3, -0.25) is 4.79 Å².